The van der Waals surface area contributed by atoms with E-state index in [0.29, 0.717) is 43.8 Å². The zero-order chi connectivity index (χ0) is 15.4. The topological polar surface area (TPSA) is 71.5 Å². The molecule has 1 aliphatic heterocycles. The Morgan fingerprint density at radius 2 is 2.18 bits per heavy atom. The Kier molecular flexibility index (Phi) is 4.26. The second-order valence-electron chi connectivity index (χ2n) is 5.08. The lowest BCUT2D eigenvalue weighted by atomic mass is 10.2. The summed E-state index contributed by atoms with van der Waals surface area (Å²) in [5, 5.41) is 9.21. The zero-order valence-corrected chi connectivity index (χ0v) is 12.4. The first-order valence-electron chi connectivity index (χ1n) is 7.18. The maximum Gasteiger partial charge on any atom is 0.236 e. The predicted molar refractivity (Wildman–Crippen MR) is 79.8 cm³/mol. The van der Waals surface area contributed by atoms with Crippen molar-refractivity contribution in [2.24, 2.45) is 0 Å². The van der Waals surface area contributed by atoms with Gasteiger partial charge in [0.1, 0.15) is 11.8 Å². The Hall–Kier alpha value is -2.52. The monoisotopic (exact) mass is 299 g/mol. The molecule has 0 saturated carbocycles. The maximum absolute atomic E-state index is 9.21. The second-order valence-corrected chi connectivity index (χ2v) is 5.08. The highest BCUT2D eigenvalue weighted by atomic mass is 16.5. The predicted octanol–water partition coefficient (Wildman–Crippen LogP) is 2.27. The number of nitrogens with zero attached hydrogens (tertiary/aromatic N) is 3. The minimum Gasteiger partial charge on any atom is -0.484 e. The van der Waals surface area contributed by atoms with Gasteiger partial charge >= 0.3 is 0 Å². The molecule has 1 fully saturated rings. The molecule has 1 aromatic heterocycles. The molecule has 6 heteroatoms. The van der Waals surface area contributed by atoms with E-state index in [0.717, 1.165) is 11.3 Å². The summed E-state index contributed by atoms with van der Waals surface area (Å²) in [5.74, 6) is 1.66. The van der Waals surface area contributed by atoms with Gasteiger partial charge in [-0.3, -0.25) is 0 Å². The van der Waals surface area contributed by atoms with Gasteiger partial charge in [0, 0.05) is 13.1 Å². The average Bonchev–Trinajstić information content (AvgIpc) is 2.97. The summed E-state index contributed by atoms with van der Waals surface area (Å²) in [7, 11) is 0. The van der Waals surface area contributed by atoms with Gasteiger partial charge < -0.3 is 18.8 Å². The standard InChI is InChI=1S/C16H17N3O3/c1-12-3-2-4-13(9-12)21-11-15-18-14(10-17)16(22-15)19-5-7-20-8-6-19/h2-4,9H,5-8,11H2,1H3. The summed E-state index contributed by atoms with van der Waals surface area (Å²) in [6.07, 6.45) is 0. The van der Waals surface area contributed by atoms with Crippen molar-refractivity contribution in [3.63, 3.8) is 0 Å². The van der Waals surface area contributed by atoms with E-state index in [9.17, 15) is 5.26 Å². The van der Waals surface area contributed by atoms with Gasteiger partial charge in [-0.25, -0.2) is 0 Å². The number of hydrogen-bond acceptors (Lipinski definition) is 6. The second kappa shape index (κ2) is 6.50. The molecule has 22 heavy (non-hydrogen) atoms. The molecule has 0 bridgehead atoms. The summed E-state index contributed by atoms with van der Waals surface area (Å²) in [4.78, 5) is 6.18. The summed E-state index contributed by atoms with van der Waals surface area (Å²) in [6.45, 7) is 4.84. The SMILES string of the molecule is Cc1cccc(OCc2nc(C#N)c(N3CCOCC3)o2)c1. The van der Waals surface area contributed by atoms with Crippen molar-refractivity contribution in [2.45, 2.75) is 13.5 Å². The van der Waals surface area contributed by atoms with E-state index in [-0.39, 0.29) is 6.61 Å². The molecule has 3 rings (SSSR count). The first-order valence-corrected chi connectivity index (χ1v) is 7.18. The van der Waals surface area contributed by atoms with Crippen LogP contribution in [0.15, 0.2) is 28.7 Å². The van der Waals surface area contributed by atoms with Gasteiger partial charge in [0.2, 0.25) is 17.5 Å². The average molecular weight is 299 g/mol. The van der Waals surface area contributed by atoms with Crippen LogP contribution >= 0.6 is 0 Å². The van der Waals surface area contributed by atoms with Crippen LogP contribution in [0, 0.1) is 18.3 Å². The van der Waals surface area contributed by atoms with Crippen molar-refractivity contribution >= 4 is 5.88 Å². The summed E-state index contributed by atoms with van der Waals surface area (Å²) < 4.78 is 16.7. The van der Waals surface area contributed by atoms with Crippen LogP contribution in [-0.2, 0) is 11.3 Å². The maximum atomic E-state index is 9.21. The number of ether oxygens (including phenoxy) is 2. The quantitative estimate of drug-likeness (QED) is 0.862. The number of anilines is 1. The van der Waals surface area contributed by atoms with Gasteiger partial charge in [-0.05, 0) is 24.6 Å². The molecule has 1 saturated heterocycles. The summed E-state index contributed by atoms with van der Waals surface area (Å²) in [6, 6.07) is 9.83. The fourth-order valence-electron chi connectivity index (χ4n) is 2.32. The van der Waals surface area contributed by atoms with Crippen LogP contribution in [0.2, 0.25) is 0 Å². The lowest BCUT2D eigenvalue weighted by Crippen LogP contribution is -2.36. The summed E-state index contributed by atoms with van der Waals surface area (Å²) in [5.41, 5.74) is 1.42. The number of nitriles is 1. The lowest BCUT2D eigenvalue weighted by molar-refractivity contribution is 0.120. The van der Waals surface area contributed by atoms with Crippen molar-refractivity contribution in [3.8, 4) is 11.8 Å². The third-order valence-electron chi connectivity index (χ3n) is 3.41. The Bertz CT molecular complexity index is 684. The molecule has 0 N–H and O–H groups in total. The van der Waals surface area contributed by atoms with Gasteiger partial charge in [0.25, 0.3) is 0 Å². The van der Waals surface area contributed by atoms with Gasteiger partial charge in [-0.1, -0.05) is 12.1 Å². The van der Waals surface area contributed by atoms with Crippen molar-refractivity contribution < 1.29 is 13.9 Å². The van der Waals surface area contributed by atoms with E-state index in [1.54, 1.807) is 0 Å². The molecular formula is C16H17N3O3. The van der Waals surface area contributed by atoms with Crippen LogP contribution in [-0.4, -0.2) is 31.3 Å². The number of hydrogen-bond donors (Lipinski definition) is 0. The zero-order valence-electron chi connectivity index (χ0n) is 12.4. The van der Waals surface area contributed by atoms with Crippen molar-refractivity contribution in [1.82, 2.24) is 4.98 Å². The van der Waals surface area contributed by atoms with E-state index in [1.165, 1.54) is 0 Å². The van der Waals surface area contributed by atoms with Crippen molar-refractivity contribution in [1.29, 1.82) is 5.26 Å². The number of rotatable bonds is 4. The fraction of sp³-hybridized carbons (Fsp3) is 0.375. The van der Waals surface area contributed by atoms with Crippen LogP contribution in [0.1, 0.15) is 17.1 Å². The fourth-order valence-corrected chi connectivity index (χ4v) is 2.32. The molecule has 1 aromatic carbocycles. The molecule has 1 aliphatic rings. The summed E-state index contributed by atoms with van der Waals surface area (Å²) >= 11 is 0. The van der Waals surface area contributed by atoms with E-state index in [2.05, 4.69) is 11.1 Å². The van der Waals surface area contributed by atoms with Gasteiger partial charge in [-0.2, -0.15) is 10.2 Å². The molecule has 0 atom stereocenters. The molecule has 0 radical (unpaired) electrons. The smallest absolute Gasteiger partial charge is 0.236 e. The number of aryl methyl sites for hydroxylation is 1. The molecule has 2 aromatic rings. The third-order valence-corrected chi connectivity index (χ3v) is 3.41. The molecule has 6 nitrogen and oxygen atoms in total. The first kappa shape index (κ1) is 14.4. The highest BCUT2D eigenvalue weighted by molar-refractivity contribution is 5.48. The highest BCUT2D eigenvalue weighted by Gasteiger charge is 2.21. The Balaban J connectivity index is 1.72. The lowest BCUT2D eigenvalue weighted by Gasteiger charge is -2.25. The van der Waals surface area contributed by atoms with E-state index >= 15 is 0 Å². The Morgan fingerprint density at radius 3 is 2.91 bits per heavy atom. The van der Waals surface area contributed by atoms with Crippen LogP contribution in [0.3, 0.4) is 0 Å². The van der Waals surface area contributed by atoms with E-state index < -0.39 is 0 Å². The molecular weight excluding hydrogens is 282 g/mol. The molecule has 0 aliphatic carbocycles. The molecule has 2 heterocycles. The molecule has 114 valence electrons. The first-order chi connectivity index (χ1) is 10.8. The number of benzene rings is 1. The van der Waals surface area contributed by atoms with Crippen molar-refractivity contribution in [2.75, 3.05) is 31.2 Å². The van der Waals surface area contributed by atoms with Crippen LogP contribution in [0.4, 0.5) is 5.88 Å². The normalized spacial score (nSPS) is 14.6. The van der Waals surface area contributed by atoms with Gasteiger partial charge in [-0.15, -0.1) is 0 Å². The number of aromatic nitrogens is 1. The van der Waals surface area contributed by atoms with Crippen LogP contribution in [0.5, 0.6) is 5.75 Å². The van der Waals surface area contributed by atoms with Crippen LogP contribution in [0.25, 0.3) is 0 Å². The molecule has 0 unspecified atom stereocenters. The largest absolute Gasteiger partial charge is 0.484 e. The van der Waals surface area contributed by atoms with Gasteiger partial charge in [0.15, 0.2) is 6.61 Å². The molecule has 0 spiro atoms. The third kappa shape index (κ3) is 3.21. The van der Waals surface area contributed by atoms with E-state index in [1.807, 2.05) is 36.1 Å². The van der Waals surface area contributed by atoms with Gasteiger partial charge in [0.05, 0.1) is 13.2 Å². The Morgan fingerprint density at radius 1 is 1.36 bits per heavy atom. The van der Waals surface area contributed by atoms with E-state index in [4.69, 9.17) is 13.9 Å². The highest BCUT2D eigenvalue weighted by Crippen LogP contribution is 2.23. The van der Waals surface area contributed by atoms with Crippen LogP contribution < -0.4 is 9.64 Å². The number of oxazole rings is 1. The minimum atomic E-state index is 0.197. The number of morpholine rings is 1. The molecule has 0 amide bonds. The van der Waals surface area contributed by atoms with Crippen molar-refractivity contribution in [3.05, 3.63) is 41.4 Å². The minimum absolute atomic E-state index is 0.197. The Labute approximate surface area is 128 Å².